The number of nitrogens with one attached hydrogen (secondary N) is 1. The van der Waals surface area contributed by atoms with Crippen molar-refractivity contribution in [2.45, 2.75) is 26.7 Å². The number of rotatable bonds is 7. The molecule has 0 unspecified atom stereocenters. The Kier molecular flexibility index (Phi) is 6.54. The van der Waals surface area contributed by atoms with E-state index in [0.29, 0.717) is 11.7 Å². The summed E-state index contributed by atoms with van der Waals surface area (Å²) in [6.07, 6.45) is 0. The van der Waals surface area contributed by atoms with Gasteiger partial charge in [0.1, 0.15) is 11.5 Å². The molecule has 1 amide bonds. The SMILES string of the molecule is CC(=O)Oc1ccc(NC(=O)COc2ccc(C(C)C)cc2)c(C(=O)O)c1. The number of carbonyl (C=O) groups is 3. The van der Waals surface area contributed by atoms with Crippen molar-refractivity contribution in [2.75, 3.05) is 11.9 Å². The van der Waals surface area contributed by atoms with Crippen LogP contribution in [0.1, 0.15) is 42.6 Å². The summed E-state index contributed by atoms with van der Waals surface area (Å²) in [6, 6.07) is 11.3. The Morgan fingerprint density at radius 1 is 1.04 bits per heavy atom. The molecule has 0 fully saturated rings. The number of anilines is 1. The highest BCUT2D eigenvalue weighted by atomic mass is 16.5. The van der Waals surface area contributed by atoms with E-state index in [1.54, 1.807) is 12.1 Å². The van der Waals surface area contributed by atoms with Crippen molar-refractivity contribution in [3.05, 3.63) is 53.6 Å². The van der Waals surface area contributed by atoms with Crippen molar-refractivity contribution in [1.29, 1.82) is 0 Å². The minimum atomic E-state index is -1.26. The van der Waals surface area contributed by atoms with E-state index in [2.05, 4.69) is 19.2 Å². The van der Waals surface area contributed by atoms with E-state index in [4.69, 9.17) is 9.47 Å². The van der Waals surface area contributed by atoms with Gasteiger partial charge in [-0.15, -0.1) is 0 Å². The Morgan fingerprint density at radius 2 is 1.67 bits per heavy atom. The molecule has 27 heavy (non-hydrogen) atoms. The number of hydrogen-bond donors (Lipinski definition) is 2. The van der Waals surface area contributed by atoms with Crippen LogP contribution < -0.4 is 14.8 Å². The molecule has 0 aliphatic rings. The van der Waals surface area contributed by atoms with E-state index in [1.807, 2.05) is 12.1 Å². The second-order valence-electron chi connectivity index (χ2n) is 6.17. The molecule has 0 saturated heterocycles. The summed E-state index contributed by atoms with van der Waals surface area (Å²) in [4.78, 5) is 34.4. The fraction of sp³-hybridized carbons (Fsp3) is 0.250. The lowest BCUT2D eigenvalue weighted by atomic mass is 10.0. The average Bonchev–Trinajstić information content (AvgIpc) is 2.61. The van der Waals surface area contributed by atoms with Crippen LogP contribution in [0.15, 0.2) is 42.5 Å². The summed E-state index contributed by atoms with van der Waals surface area (Å²) in [5.74, 6) is -1.32. The summed E-state index contributed by atoms with van der Waals surface area (Å²) in [5, 5.41) is 11.8. The van der Waals surface area contributed by atoms with E-state index < -0.39 is 17.8 Å². The molecule has 142 valence electrons. The van der Waals surface area contributed by atoms with Crippen molar-refractivity contribution >= 4 is 23.5 Å². The van der Waals surface area contributed by atoms with Gasteiger partial charge in [0, 0.05) is 6.92 Å². The highest BCUT2D eigenvalue weighted by molar-refractivity contribution is 6.01. The van der Waals surface area contributed by atoms with E-state index in [1.165, 1.54) is 25.1 Å². The molecular weight excluding hydrogens is 350 g/mol. The lowest BCUT2D eigenvalue weighted by Gasteiger charge is -2.11. The highest BCUT2D eigenvalue weighted by Crippen LogP contribution is 2.23. The molecule has 2 aromatic carbocycles. The van der Waals surface area contributed by atoms with Crippen molar-refractivity contribution in [3.63, 3.8) is 0 Å². The van der Waals surface area contributed by atoms with Gasteiger partial charge in [0.2, 0.25) is 0 Å². The Morgan fingerprint density at radius 3 is 2.22 bits per heavy atom. The molecule has 0 aromatic heterocycles. The normalized spacial score (nSPS) is 10.4. The molecule has 0 aliphatic heterocycles. The zero-order valence-corrected chi connectivity index (χ0v) is 15.3. The molecule has 2 aromatic rings. The lowest BCUT2D eigenvalue weighted by molar-refractivity contribution is -0.131. The molecule has 0 heterocycles. The minimum Gasteiger partial charge on any atom is -0.484 e. The predicted molar refractivity (Wildman–Crippen MR) is 99.4 cm³/mol. The van der Waals surface area contributed by atoms with Crippen LogP contribution in [0.4, 0.5) is 5.69 Å². The Bertz CT molecular complexity index is 842. The van der Waals surface area contributed by atoms with Gasteiger partial charge in [-0.2, -0.15) is 0 Å². The number of aromatic carboxylic acids is 1. The minimum absolute atomic E-state index is 0.0828. The van der Waals surface area contributed by atoms with Crippen LogP contribution in [-0.4, -0.2) is 29.6 Å². The number of ether oxygens (including phenoxy) is 2. The first kappa shape index (κ1) is 20.0. The third-order valence-electron chi connectivity index (χ3n) is 3.67. The van der Waals surface area contributed by atoms with Crippen LogP contribution in [0.5, 0.6) is 11.5 Å². The summed E-state index contributed by atoms with van der Waals surface area (Å²) in [7, 11) is 0. The second-order valence-corrected chi connectivity index (χ2v) is 6.17. The third kappa shape index (κ3) is 5.85. The van der Waals surface area contributed by atoms with Crippen LogP contribution >= 0.6 is 0 Å². The zero-order chi connectivity index (χ0) is 20.0. The van der Waals surface area contributed by atoms with E-state index >= 15 is 0 Å². The number of carbonyl (C=O) groups excluding carboxylic acids is 2. The lowest BCUT2D eigenvalue weighted by Crippen LogP contribution is -2.21. The van der Waals surface area contributed by atoms with Gasteiger partial charge in [-0.3, -0.25) is 9.59 Å². The van der Waals surface area contributed by atoms with Crippen LogP contribution in [0.25, 0.3) is 0 Å². The first-order chi connectivity index (χ1) is 12.8. The van der Waals surface area contributed by atoms with Gasteiger partial charge >= 0.3 is 11.9 Å². The fourth-order valence-electron chi connectivity index (χ4n) is 2.32. The molecular formula is C20H21NO6. The largest absolute Gasteiger partial charge is 0.484 e. The highest BCUT2D eigenvalue weighted by Gasteiger charge is 2.15. The summed E-state index contributed by atoms with van der Waals surface area (Å²) in [5.41, 5.74) is 1.05. The molecule has 0 spiro atoms. The molecule has 0 aliphatic carbocycles. The smallest absolute Gasteiger partial charge is 0.337 e. The molecule has 7 heteroatoms. The number of amides is 1. The molecule has 0 radical (unpaired) electrons. The van der Waals surface area contributed by atoms with Gasteiger partial charge in [0.15, 0.2) is 6.61 Å². The first-order valence-electron chi connectivity index (χ1n) is 8.34. The van der Waals surface area contributed by atoms with Gasteiger partial charge in [0.05, 0.1) is 11.3 Å². The van der Waals surface area contributed by atoms with Gasteiger partial charge in [-0.25, -0.2) is 4.79 Å². The van der Waals surface area contributed by atoms with E-state index in [-0.39, 0.29) is 23.6 Å². The Labute approximate surface area is 156 Å². The predicted octanol–water partition coefficient (Wildman–Crippen LogP) is 3.45. The first-order valence-corrected chi connectivity index (χ1v) is 8.34. The Balaban J connectivity index is 2.02. The molecule has 0 bridgehead atoms. The molecule has 2 N–H and O–H groups in total. The maximum atomic E-state index is 12.1. The molecule has 0 saturated carbocycles. The van der Waals surface area contributed by atoms with Crippen LogP contribution in [0.3, 0.4) is 0 Å². The van der Waals surface area contributed by atoms with E-state index in [9.17, 15) is 19.5 Å². The van der Waals surface area contributed by atoms with E-state index in [0.717, 1.165) is 5.56 Å². The van der Waals surface area contributed by atoms with Crippen molar-refractivity contribution in [3.8, 4) is 11.5 Å². The Hall–Kier alpha value is -3.35. The number of carboxylic acid groups (broad SMARTS) is 1. The van der Waals surface area contributed by atoms with Crippen molar-refractivity contribution in [1.82, 2.24) is 0 Å². The quantitative estimate of drug-likeness (QED) is 0.571. The standard InChI is InChI=1S/C20H21NO6/c1-12(2)14-4-6-15(7-5-14)26-11-19(23)21-18-9-8-16(27-13(3)22)10-17(18)20(24)25/h4-10,12H,11H2,1-3H3,(H,21,23)(H,24,25). The second kappa shape index (κ2) is 8.84. The summed E-state index contributed by atoms with van der Waals surface area (Å²) < 4.78 is 10.3. The average molecular weight is 371 g/mol. The van der Waals surface area contributed by atoms with Crippen molar-refractivity contribution in [2.24, 2.45) is 0 Å². The van der Waals surface area contributed by atoms with Crippen LogP contribution in [-0.2, 0) is 9.59 Å². The molecule has 7 nitrogen and oxygen atoms in total. The number of benzene rings is 2. The fourth-order valence-corrected chi connectivity index (χ4v) is 2.32. The van der Waals surface area contributed by atoms with Gasteiger partial charge < -0.3 is 19.9 Å². The number of carboxylic acids is 1. The van der Waals surface area contributed by atoms with Gasteiger partial charge in [0.25, 0.3) is 5.91 Å². The van der Waals surface area contributed by atoms with Gasteiger partial charge in [-0.05, 0) is 41.8 Å². The summed E-state index contributed by atoms with van der Waals surface area (Å²) in [6.45, 7) is 5.10. The number of esters is 1. The van der Waals surface area contributed by atoms with Crippen LogP contribution in [0, 0.1) is 0 Å². The maximum absolute atomic E-state index is 12.1. The zero-order valence-electron chi connectivity index (χ0n) is 15.3. The molecule has 2 rings (SSSR count). The van der Waals surface area contributed by atoms with Gasteiger partial charge in [-0.1, -0.05) is 26.0 Å². The topological polar surface area (TPSA) is 102 Å². The monoisotopic (exact) mass is 371 g/mol. The van der Waals surface area contributed by atoms with Crippen LogP contribution in [0.2, 0.25) is 0 Å². The third-order valence-corrected chi connectivity index (χ3v) is 3.67. The van der Waals surface area contributed by atoms with Crippen molar-refractivity contribution < 1.29 is 29.0 Å². The number of hydrogen-bond acceptors (Lipinski definition) is 5. The summed E-state index contributed by atoms with van der Waals surface area (Å²) >= 11 is 0. The maximum Gasteiger partial charge on any atom is 0.337 e. The molecule has 0 atom stereocenters.